The Bertz CT molecular complexity index is 467. The van der Waals surface area contributed by atoms with Crippen LogP contribution in [0.3, 0.4) is 0 Å². The second-order valence-electron chi connectivity index (χ2n) is 6.72. The topological polar surface area (TPSA) is 32.3 Å². The third kappa shape index (κ3) is 5.37. The molecule has 0 aliphatic heterocycles. The van der Waals surface area contributed by atoms with Crippen molar-refractivity contribution < 1.29 is 5.11 Å². The van der Waals surface area contributed by atoms with Crippen molar-refractivity contribution in [1.82, 2.24) is 0 Å². The molecule has 0 unspecified atom stereocenters. The molecule has 0 amide bonds. The Hall–Kier alpha value is -0.800. The Morgan fingerprint density at radius 1 is 1.26 bits per heavy atom. The number of halogens is 1. The smallest absolute Gasteiger partial charge is 0.0852 e. The summed E-state index contributed by atoms with van der Waals surface area (Å²) in [6.07, 6.45) is 0.904. The average Bonchev–Trinajstić information content (AvgIpc) is 2.16. The van der Waals surface area contributed by atoms with Crippen molar-refractivity contribution in [3.63, 3.8) is 0 Å². The molecule has 2 N–H and O–H groups in total. The van der Waals surface area contributed by atoms with Crippen LogP contribution in [0.4, 0.5) is 5.69 Å². The number of hydrogen-bond donors (Lipinski definition) is 2. The molecule has 2 nitrogen and oxygen atoms in total. The van der Waals surface area contributed by atoms with E-state index in [9.17, 15) is 5.11 Å². The predicted octanol–water partition coefficient (Wildman–Crippen LogP) is 5.04. The Morgan fingerprint density at radius 3 is 2.32 bits per heavy atom. The Kier molecular flexibility index (Phi) is 4.86. The fourth-order valence-corrected chi connectivity index (χ4v) is 2.69. The van der Waals surface area contributed by atoms with Gasteiger partial charge in [-0.3, -0.25) is 0 Å². The van der Waals surface area contributed by atoms with Crippen LogP contribution in [0.5, 0.6) is 0 Å². The average molecular weight is 326 g/mol. The summed E-state index contributed by atoms with van der Waals surface area (Å²) < 4.78 is 0.909. The highest BCUT2D eigenvalue weighted by Crippen LogP contribution is 2.31. The van der Waals surface area contributed by atoms with Gasteiger partial charge >= 0.3 is 0 Å². The largest absolute Gasteiger partial charge is 0.386 e. The van der Waals surface area contributed by atoms with Crippen molar-refractivity contribution in [3.05, 3.63) is 40.5 Å². The van der Waals surface area contributed by atoms with Crippen molar-refractivity contribution in [3.8, 4) is 0 Å². The number of benzene rings is 1. The van der Waals surface area contributed by atoms with Gasteiger partial charge < -0.3 is 10.4 Å². The number of aliphatic hydroxyl groups is 1. The van der Waals surface area contributed by atoms with Crippen molar-refractivity contribution in [2.45, 2.75) is 46.6 Å². The first-order valence-corrected chi connectivity index (χ1v) is 7.25. The van der Waals surface area contributed by atoms with E-state index < -0.39 is 5.60 Å². The molecule has 0 heterocycles. The summed E-state index contributed by atoms with van der Waals surface area (Å²) in [5, 5.41) is 13.4. The minimum atomic E-state index is -0.873. The summed E-state index contributed by atoms with van der Waals surface area (Å²) in [4.78, 5) is 0. The summed E-state index contributed by atoms with van der Waals surface area (Å²) >= 11 is 3.47. The van der Waals surface area contributed by atoms with Crippen LogP contribution in [0.1, 0.15) is 46.6 Å². The van der Waals surface area contributed by atoms with Gasteiger partial charge in [0.05, 0.1) is 5.60 Å². The first kappa shape index (κ1) is 16.3. The third-order valence-electron chi connectivity index (χ3n) is 2.69. The molecule has 1 aromatic carbocycles. The van der Waals surface area contributed by atoms with E-state index >= 15 is 0 Å². The van der Waals surface area contributed by atoms with Gasteiger partial charge in [0.15, 0.2) is 0 Å². The second-order valence-corrected chi connectivity index (χ2v) is 7.57. The molecular formula is C16H24BrNO. The number of anilines is 1. The van der Waals surface area contributed by atoms with E-state index in [-0.39, 0.29) is 5.41 Å². The Labute approximate surface area is 125 Å². The van der Waals surface area contributed by atoms with Crippen LogP contribution in [0, 0.1) is 5.41 Å². The van der Waals surface area contributed by atoms with Crippen LogP contribution in [0.15, 0.2) is 34.9 Å². The van der Waals surface area contributed by atoms with Crippen molar-refractivity contribution in [2.75, 3.05) is 5.32 Å². The van der Waals surface area contributed by atoms with E-state index in [0.29, 0.717) is 0 Å². The summed E-state index contributed by atoms with van der Waals surface area (Å²) in [6.45, 7) is 14.2. The van der Waals surface area contributed by atoms with Gasteiger partial charge in [-0.05, 0) is 49.4 Å². The highest BCUT2D eigenvalue weighted by Gasteiger charge is 2.20. The van der Waals surface area contributed by atoms with Gasteiger partial charge in [-0.1, -0.05) is 43.3 Å². The number of allylic oxidation sites excluding steroid dienone is 1. The minimum absolute atomic E-state index is 0.207. The van der Waals surface area contributed by atoms with E-state index in [4.69, 9.17) is 0 Å². The molecule has 106 valence electrons. The normalized spacial score (nSPS) is 12.4. The van der Waals surface area contributed by atoms with Crippen LogP contribution in [0.25, 0.3) is 0 Å². The fourth-order valence-electron chi connectivity index (χ4n) is 1.96. The summed E-state index contributed by atoms with van der Waals surface area (Å²) in [7, 11) is 0. The zero-order chi connectivity index (χ0) is 14.8. The molecule has 0 spiro atoms. The molecule has 1 rings (SSSR count). The van der Waals surface area contributed by atoms with E-state index in [1.807, 2.05) is 18.2 Å². The third-order valence-corrected chi connectivity index (χ3v) is 3.38. The molecule has 0 aliphatic carbocycles. The standard InChI is InChI=1S/C16H24BrNO/c1-11(10-15(2,3)4)18-12-7-8-14(17)13(9-12)16(5,6)19/h7-9,18-19H,1,10H2,2-6H3. The van der Waals surface area contributed by atoms with Crippen LogP contribution in [-0.4, -0.2) is 5.11 Å². The van der Waals surface area contributed by atoms with E-state index in [1.54, 1.807) is 13.8 Å². The van der Waals surface area contributed by atoms with Crippen molar-refractivity contribution in [1.29, 1.82) is 0 Å². The summed E-state index contributed by atoms with van der Waals surface area (Å²) in [5.41, 5.74) is 2.13. The SMILES string of the molecule is C=C(CC(C)(C)C)Nc1ccc(Br)c(C(C)(C)O)c1. The molecule has 0 saturated carbocycles. The minimum Gasteiger partial charge on any atom is -0.386 e. The van der Waals surface area contributed by atoms with E-state index in [1.165, 1.54) is 0 Å². The number of nitrogens with one attached hydrogen (secondary N) is 1. The van der Waals surface area contributed by atoms with Gasteiger partial charge in [0.25, 0.3) is 0 Å². The lowest BCUT2D eigenvalue weighted by atomic mass is 9.91. The maximum absolute atomic E-state index is 10.1. The molecule has 0 aliphatic rings. The molecular weight excluding hydrogens is 302 g/mol. The zero-order valence-corrected chi connectivity index (χ0v) is 14.1. The van der Waals surface area contributed by atoms with Gasteiger partial charge in [0, 0.05) is 15.9 Å². The second kappa shape index (κ2) is 5.68. The highest BCUT2D eigenvalue weighted by atomic mass is 79.9. The van der Waals surface area contributed by atoms with Crippen molar-refractivity contribution >= 4 is 21.6 Å². The lowest BCUT2D eigenvalue weighted by Gasteiger charge is -2.23. The lowest BCUT2D eigenvalue weighted by Crippen LogP contribution is -2.17. The Balaban J connectivity index is 2.89. The summed E-state index contributed by atoms with van der Waals surface area (Å²) in [6, 6.07) is 5.88. The van der Waals surface area contributed by atoms with Gasteiger partial charge in [-0.15, -0.1) is 0 Å². The van der Waals surface area contributed by atoms with Crippen LogP contribution < -0.4 is 5.32 Å². The van der Waals surface area contributed by atoms with Crippen LogP contribution in [0.2, 0.25) is 0 Å². The van der Waals surface area contributed by atoms with Crippen molar-refractivity contribution in [2.24, 2.45) is 5.41 Å². The number of rotatable bonds is 4. The Morgan fingerprint density at radius 2 is 1.84 bits per heavy atom. The quantitative estimate of drug-likeness (QED) is 0.812. The molecule has 1 aromatic rings. The van der Waals surface area contributed by atoms with Crippen LogP contribution in [-0.2, 0) is 5.60 Å². The molecule has 0 fully saturated rings. The van der Waals surface area contributed by atoms with Crippen LogP contribution >= 0.6 is 15.9 Å². The van der Waals surface area contributed by atoms with E-state index in [0.717, 1.165) is 27.8 Å². The maximum atomic E-state index is 10.1. The molecule has 0 radical (unpaired) electrons. The van der Waals surface area contributed by atoms with Gasteiger partial charge in [-0.2, -0.15) is 0 Å². The molecule has 0 bridgehead atoms. The van der Waals surface area contributed by atoms with Gasteiger partial charge in [0.1, 0.15) is 0 Å². The molecule has 0 saturated heterocycles. The zero-order valence-electron chi connectivity index (χ0n) is 12.5. The fraction of sp³-hybridized carbons (Fsp3) is 0.500. The molecule has 0 aromatic heterocycles. The first-order valence-electron chi connectivity index (χ1n) is 6.46. The molecule has 3 heteroatoms. The maximum Gasteiger partial charge on any atom is 0.0852 e. The molecule has 0 atom stereocenters. The van der Waals surface area contributed by atoms with Gasteiger partial charge in [-0.25, -0.2) is 0 Å². The number of hydrogen-bond acceptors (Lipinski definition) is 2. The highest BCUT2D eigenvalue weighted by molar-refractivity contribution is 9.10. The first-order chi connectivity index (χ1) is 8.49. The van der Waals surface area contributed by atoms with Gasteiger partial charge in [0.2, 0.25) is 0 Å². The molecule has 19 heavy (non-hydrogen) atoms. The summed E-state index contributed by atoms with van der Waals surface area (Å²) in [5.74, 6) is 0. The lowest BCUT2D eigenvalue weighted by molar-refractivity contribution is 0.0779. The van der Waals surface area contributed by atoms with E-state index in [2.05, 4.69) is 48.6 Å². The predicted molar refractivity (Wildman–Crippen MR) is 86.2 cm³/mol. The monoisotopic (exact) mass is 325 g/mol.